The Hall–Kier alpha value is -3.15. The van der Waals surface area contributed by atoms with Crippen molar-refractivity contribution in [1.29, 1.82) is 0 Å². The minimum atomic E-state index is -0.145. The molecule has 1 amide bonds. The van der Waals surface area contributed by atoms with Crippen molar-refractivity contribution in [2.45, 2.75) is 31.8 Å². The molecule has 132 valence electrons. The molecule has 0 radical (unpaired) electrons. The Morgan fingerprint density at radius 1 is 1.23 bits per heavy atom. The maximum Gasteiger partial charge on any atom is 0.254 e. The van der Waals surface area contributed by atoms with E-state index in [1.165, 1.54) is 6.07 Å². The van der Waals surface area contributed by atoms with Crippen LogP contribution >= 0.6 is 0 Å². The molecule has 26 heavy (non-hydrogen) atoms. The average Bonchev–Trinajstić information content (AvgIpc) is 3.11. The summed E-state index contributed by atoms with van der Waals surface area (Å²) < 4.78 is 1.76. The standard InChI is InChI=1S/C20H20N4O2/c25-19-10-9-16-17(22-19)7-4-8-18(16)23-20(26)15-11-21-24(13-15)12-14-5-2-1-3-6-14/h1-3,5-6,9-11,13,18H,4,7-8,12H2,(H,22,25)(H,23,26). The Bertz CT molecular complexity index is 975. The van der Waals surface area contributed by atoms with E-state index < -0.39 is 0 Å². The molecular formula is C20H20N4O2. The molecule has 6 nitrogen and oxygen atoms in total. The van der Waals surface area contributed by atoms with Crippen LogP contribution in [0.3, 0.4) is 0 Å². The summed E-state index contributed by atoms with van der Waals surface area (Å²) in [7, 11) is 0. The Morgan fingerprint density at radius 2 is 2.08 bits per heavy atom. The molecule has 0 fully saturated rings. The fraction of sp³-hybridized carbons (Fsp3) is 0.250. The van der Waals surface area contributed by atoms with Crippen LogP contribution in [0.2, 0.25) is 0 Å². The summed E-state index contributed by atoms with van der Waals surface area (Å²) in [6.45, 7) is 0.627. The minimum absolute atomic E-state index is 0.0828. The molecule has 1 atom stereocenters. The molecule has 1 aromatic carbocycles. The van der Waals surface area contributed by atoms with Gasteiger partial charge in [-0.2, -0.15) is 5.10 Å². The largest absolute Gasteiger partial charge is 0.345 e. The number of carbonyl (C=O) groups excluding carboxylic acids is 1. The van der Waals surface area contributed by atoms with Gasteiger partial charge in [-0.1, -0.05) is 30.3 Å². The zero-order chi connectivity index (χ0) is 17.9. The summed E-state index contributed by atoms with van der Waals surface area (Å²) in [6, 6.07) is 13.2. The van der Waals surface area contributed by atoms with Gasteiger partial charge in [0.2, 0.25) is 5.56 Å². The number of hydrogen-bond donors (Lipinski definition) is 2. The van der Waals surface area contributed by atoms with Crippen LogP contribution < -0.4 is 10.9 Å². The van der Waals surface area contributed by atoms with Gasteiger partial charge >= 0.3 is 0 Å². The Morgan fingerprint density at radius 3 is 2.92 bits per heavy atom. The second-order valence-electron chi connectivity index (χ2n) is 6.59. The van der Waals surface area contributed by atoms with Crippen LogP contribution in [0.25, 0.3) is 0 Å². The van der Waals surface area contributed by atoms with Crippen molar-refractivity contribution in [1.82, 2.24) is 20.1 Å². The third-order valence-corrected chi connectivity index (χ3v) is 4.72. The number of amides is 1. The maximum absolute atomic E-state index is 12.6. The first kappa shape index (κ1) is 16.3. The van der Waals surface area contributed by atoms with E-state index in [2.05, 4.69) is 15.4 Å². The molecule has 0 aliphatic heterocycles. The molecule has 1 aliphatic rings. The normalized spacial score (nSPS) is 16.1. The van der Waals surface area contributed by atoms with Crippen molar-refractivity contribution in [3.8, 4) is 0 Å². The highest BCUT2D eigenvalue weighted by atomic mass is 16.1. The van der Waals surface area contributed by atoms with Gasteiger partial charge in [-0.25, -0.2) is 0 Å². The lowest BCUT2D eigenvalue weighted by atomic mass is 9.91. The highest BCUT2D eigenvalue weighted by Crippen LogP contribution is 2.27. The van der Waals surface area contributed by atoms with Gasteiger partial charge < -0.3 is 10.3 Å². The van der Waals surface area contributed by atoms with Crippen molar-refractivity contribution < 1.29 is 4.79 Å². The van der Waals surface area contributed by atoms with E-state index in [9.17, 15) is 9.59 Å². The fourth-order valence-electron chi connectivity index (χ4n) is 3.43. The van der Waals surface area contributed by atoms with Gasteiger partial charge in [0.15, 0.2) is 0 Å². The quantitative estimate of drug-likeness (QED) is 0.760. The van der Waals surface area contributed by atoms with Crippen LogP contribution in [0, 0.1) is 0 Å². The van der Waals surface area contributed by atoms with Gasteiger partial charge in [0, 0.05) is 18.0 Å². The number of H-pyrrole nitrogens is 1. The zero-order valence-corrected chi connectivity index (χ0v) is 14.3. The Balaban J connectivity index is 1.47. The number of aromatic nitrogens is 3. The van der Waals surface area contributed by atoms with Crippen LogP contribution in [-0.2, 0) is 13.0 Å². The lowest BCUT2D eigenvalue weighted by Gasteiger charge is -2.25. The summed E-state index contributed by atoms with van der Waals surface area (Å²) in [5.41, 5.74) is 3.50. The monoisotopic (exact) mass is 348 g/mol. The van der Waals surface area contributed by atoms with Gasteiger partial charge in [0.05, 0.1) is 24.3 Å². The van der Waals surface area contributed by atoms with E-state index in [1.807, 2.05) is 36.4 Å². The van der Waals surface area contributed by atoms with E-state index in [0.717, 1.165) is 36.1 Å². The lowest BCUT2D eigenvalue weighted by molar-refractivity contribution is 0.0932. The molecule has 1 unspecified atom stereocenters. The molecule has 2 N–H and O–H groups in total. The highest BCUT2D eigenvalue weighted by molar-refractivity contribution is 5.94. The number of aryl methyl sites for hydroxylation is 1. The second kappa shape index (κ2) is 7.00. The van der Waals surface area contributed by atoms with Crippen LogP contribution in [0.1, 0.15) is 46.1 Å². The summed E-state index contributed by atoms with van der Waals surface area (Å²) in [6.07, 6.45) is 5.99. The first-order valence-electron chi connectivity index (χ1n) is 8.78. The molecule has 6 heteroatoms. The lowest BCUT2D eigenvalue weighted by Crippen LogP contribution is -2.32. The summed E-state index contributed by atoms with van der Waals surface area (Å²) in [5.74, 6) is -0.145. The molecule has 0 saturated carbocycles. The number of nitrogens with one attached hydrogen (secondary N) is 2. The Labute approximate surface area is 150 Å². The van der Waals surface area contributed by atoms with Gasteiger partial charge in [0.1, 0.15) is 0 Å². The summed E-state index contributed by atoms with van der Waals surface area (Å²) >= 11 is 0. The van der Waals surface area contributed by atoms with Crippen LogP contribution in [-0.4, -0.2) is 20.7 Å². The summed E-state index contributed by atoms with van der Waals surface area (Å²) in [5, 5.41) is 7.36. The molecule has 0 bridgehead atoms. The van der Waals surface area contributed by atoms with Crippen molar-refractivity contribution in [2.75, 3.05) is 0 Å². The van der Waals surface area contributed by atoms with Crippen molar-refractivity contribution in [3.05, 3.63) is 87.6 Å². The van der Waals surface area contributed by atoms with Crippen LogP contribution in [0.4, 0.5) is 0 Å². The predicted molar refractivity (Wildman–Crippen MR) is 98.0 cm³/mol. The van der Waals surface area contributed by atoms with E-state index in [-0.39, 0.29) is 17.5 Å². The Kier molecular flexibility index (Phi) is 4.39. The van der Waals surface area contributed by atoms with Gasteiger partial charge in [0.25, 0.3) is 5.91 Å². The molecule has 1 aliphatic carbocycles. The third-order valence-electron chi connectivity index (χ3n) is 4.72. The third kappa shape index (κ3) is 3.44. The number of carbonyl (C=O) groups is 1. The molecule has 0 saturated heterocycles. The average molecular weight is 348 g/mol. The highest BCUT2D eigenvalue weighted by Gasteiger charge is 2.23. The first-order chi connectivity index (χ1) is 12.7. The van der Waals surface area contributed by atoms with Gasteiger partial charge in [-0.3, -0.25) is 14.3 Å². The minimum Gasteiger partial charge on any atom is -0.345 e. The molecule has 4 rings (SSSR count). The van der Waals surface area contributed by atoms with Crippen molar-refractivity contribution >= 4 is 5.91 Å². The number of rotatable bonds is 4. The van der Waals surface area contributed by atoms with Crippen LogP contribution in [0.15, 0.2) is 59.7 Å². The fourth-order valence-corrected chi connectivity index (χ4v) is 3.43. The molecule has 2 heterocycles. The van der Waals surface area contributed by atoms with Crippen molar-refractivity contribution in [2.24, 2.45) is 0 Å². The molecule has 2 aromatic heterocycles. The molecule has 0 spiro atoms. The molecular weight excluding hydrogens is 328 g/mol. The predicted octanol–water partition coefficient (Wildman–Crippen LogP) is 2.43. The second-order valence-corrected chi connectivity index (χ2v) is 6.59. The zero-order valence-electron chi connectivity index (χ0n) is 14.3. The van der Waals surface area contributed by atoms with Gasteiger partial charge in [-0.05, 0) is 36.5 Å². The number of benzene rings is 1. The molecule has 3 aromatic rings. The summed E-state index contributed by atoms with van der Waals surface area (Å²) in [4.78, 5) is 27.0. The number of fused-ring (bicyclic) bond motifs is 1. The number of nitrogens with zero attached hydrogens (tertiary/aromatic N) is 2. The first-order valence-corrected chi connectivity index (χ1v) is 8.78. The maximum atomic E-state index is 12.6. The van der Waals surface area contributed by atoms with Crippen LogP contribution in [0.5, 0.6) is 0 Å². The SMILES string of the molecule is O=C(NC1CCCc2[nH]c(=O)ccc21)c1cnn(Cc2ccccc2)c1. The van der Waals surface area contributed by atoms with E-state index in [4.69, 9.17) is 0 Å². The topological polar surface area (TPSA) is 79.8 Å². The number of pyridine rings is 1. The number of aromatic amines is 1. The van der Waals surface area contributed by atoms with Crippen molar-refractivity contribution in [3.63, 3.8) is 0 Å². The number of hydrogen-bond acceptors (Lipinski definition) is 3. The smallest absolute Gasteiger partial charge is 0.254 e. The van der Waals surface area contributed by atoms with Gasteiger partial charge in [-0.15, -0.1) is 0 Å². The van der Waals surface area contributed by atoms with E-state index >= 15 is 0 Å². The van der Waals surface area contributed by atoms with E-state index in [1.54, 1.807) is 17.1 Å². The van der Waals surface area contributed by atoms with E-state index in [0.29, 0.717) is 12.1 Å².